The minimum atomic E-state index is -3.53. The summed E-state index contributed by atoms with van der Waals surface area (Å²) in [6.45, 7) is 1.72. The number of methoxy groups -OCH3 is 1. The normalized spacial score (nSPS) is 11.1. The molecule has 0 spiro atoms. The van der Waals surface area contributed by atoms with Gasteiger partial charge in [0.05, 0.1) is 29.0 Å². The van der Waals surface area contributed by atoms with E-state index in [1.54, 1.807) is 61.7 Å². The number of benzene rings is 3. The molecule has 1 aromatic heterocycles. The van der Waals surface area contributed by atoms with Gasteiger partial charge in [0.2, 0.25) is 0 Å². The van der Waals surface area contributed by atoms with E-state index in [4.69, 9.17) is 16.3 Å². The van der Waals surface area contributed by atoms with Crippen LogP contribution in [-0.4, -0.2) is 32.4 Å². The Kier molecular flexibility index (Phi) is 7.71. The van der Waals surface area contributed by atoms with Crippen molar-refractivity contribution in [3.05, 3.63) is 112 Å². The molecule has 7 nitrogen and oxygen atoms in total. The van der Waals surface area contributed by atoms with Gasteiger partial charge in [-0.3, -0.25) is 9.78 Å². The molecule has 0 unspecified atom stereocenters. The second kappa shape index (κ2) is 10.9. The molecule has 0 saturated heterocycles. The Morgan fingerprint density at radius 2 is 1.65 bits per heavy atom. The van der Waals surface area contributed by atoms with Crippen LogP contribution >= 0.6 is 11.6 Å². The molecule has 0 aliphatic rings. The summed E-state index contributed by atoms with van der Waals surface area (Å²) >= 11 is 5.84. The van der Waals surface area contributed by atoms with Crippen molar-refractivity contribution in [2.24, 2.45) is 0 Å². The number of halogens is 1. The summed E-state index contributed by atoms with van der Waals surface area (Å²) in [5.74, 6) is -0.995. The largest absolute Gasteiger partial charge is 0.465 e. The third kappa shape index (κ3) is 6.22. The van der Waals surface area contributed by atoms with Crippen LogP contribution in [-0.2, 0) is 20.3 Å². The number of hydrogen-bond donors (Lipinski definition) is 1. The molecule has 0 bridgehead atoms. The molecule has 4 rings (SSSR count). The molecule has 188 valence electrons. The summed E-state index contributed by atoms with van der Waals surface area (Å²) in [5.41, 5.74) is 3.81. The highest BCUT2D eigenvalue weighted by Crippen LogP contribution is 2.24. The minimum Gasteiger partial charge on any atom is -0.465 e. The maximum Gasteiger partial charge on any atom is 0.339 e. The summed E-state index contributed by atoms with van der Waals surface area (Å²) in [7, 11) is -2.22. The number of anilines is 1. The van der Waals surface area contributed by atoms with E-state index in [1.165, 1.54) is 31.4 Å². The molecule has 1 heterocycles. The van der Waals surface area contributed by atoms with Crippen molar-refractivity contribution in [3.8, 4) is 11.1 Å². The van der Waals surface area contributed by atoms with Crippen LogP contribution in [0, 0.1) is 6.92 Å². The van der Waals surface area contributed by atoms with Gasteiger partial charge < -0.3 is 10.1 Å². The predicted molar refractivity (Wildman–Crippen MR) is 142 cm³/mol. The number of ether oxygens (including phenoxy) is 1. The first-order valence-corrected chi connectivity index (χ1v) is 13.2. The lowest BCUT2D eigenvalue weighted by atomic mass is 10.0. The third-order valence-electron chi connectivity index (χ3n) is 5.69. The molecule has 0 atom stereocenters. The molecule has 0 fully saturated rings. The van der Waals surface area contributed by atoms with Crippen molar-refractivity contribution in [2.75, 3.05) is 12.4 Å². The van der Waals surface area contributed by atoms with Gasteiger partial charge in [-0.15, -0.1) is 0 Å². The second-order valence-corrected chi connectivity index (χ2v) is 10.7. The number of rotatable bonds is 7. The van der Waals surface area contributed by atoms with Gasteiger partial charge in [0.15, 0.2) is 9.84 Å². The average Bonchev–Trinajstić information content (AvgIpc) is 2.90. The zero-order valence-electron chi connectivity index (χ0n) is 20.1. The first kappa shape index (κ1) is 26.1. The fourth-order valence-corrected chi connectivity index (χ4v) is 5.15. The molecule has 37 heavy (non-hydrogen) atoms. The van der Waals surface area contributed by atoms with E-state index < -0.39 is 15.8 Å². The van der Waals surface area contributed by atoms with Gasteiger partial charge in [0, 0.05) is 28.0 Å². The van der Waals surface area contributed by atoms with Gasteiger partial charge in [0.25, 0.3) is 5.91 Å². The van der Waals surface area contributed by atoms with Gasteiger partial charge >= 0.3 is 5.97 Å². The van der Waals surface area contributed by atoms with E-state index in [0.717, 1.165) is 0 Å². The Labute approximate surface area is 220 Å². The number of aryl methyl sites for hydroxylation is 1. The number of aromatic nitrogens is 1. The van der Waals surface area contributed by atoms with Crippen LogP contribution in [0.25, 0.3) is 11.1 Å². The monoisotopic (exact) mass is 534 g/mol. The summed E-state index contributed by atoms with van der Waals surface area (Å²) in [4.78, 5) is 29.4. The van der Waals surface area contributed by atoms with Crippen LogP contribution in [0.5, 0.6) is 0 Å². The van der Waals surface area contributed by atoms with E-state index in [9.17, 15) is 18.0 Å². The maximum atomic E-state index is 12.9. The maximum absolute atomic E-state index is 12.9. The molecule has 0 saturated carbocycles. The number of sulfone groups is 1. The van der Waals surface area contributed by atoms with Crippen LogP contribution < -0.4 is 5.32 Å². The van der Waals surface area contributed by atoms with E-state index in [2.05, 4.69) is 10.3 Å². The predicted octanol–water partition coefficient (Wildman–Crippen LogP) is 5.72. The first-order chi connectivity index (χ1) is 17.7. The number of carbonyl (C=O) groups excluding carboxylic acids is 2. The summed E-state index contributed by atoms with van der Waals surface area (Å²) < 4.78 is 30.1. The number of esters is 1. The molecule has 0 aliphatic carbocycles. The van der Waals surface area contributed by atoms with Gasteiger partial charge in [0.1, 0.15) is 0 Å². The van der Waals surface area contributed by atoms with Crippen molar-refractivity contribution < 1.29 is 22.7 Å². The fourth-order valence-electron chi connectivity index (χ4n) is 3.68. The summed E-state index contributed by atoms with van der Waals surface area (Å²) in [5, 5.41) is 3.28. The molecule has 1 N–H and O–H groups in total. The van der Waals surface area contributed by atoms with E-state index >= 15 is 0 Å². The molecule has 1 amide bonds. The Hall–Kier alpha value is -4.01. The van der Waals surface area contributed by atoms with Gasteiger partial charge in [-0.25, -0.2) is 13.2 Å². The number of hydrogen-bond acceptors (Lipinski definition) is 6. The number of nitrogens with one attached hydrogen (secondary N) is 1. The summed E-state index contributed by atoms with van der Waals surface area (Å²) in [6.07, 6.45) is 1.63. The lowest BCUT2D eigenvalue weighted by Gasteiger charge is -2.10. The number of pyridine rings is 1. The highest BCUT2D eigenvalue weighted by Gasteiger charge is 2.16. The van der Waals surface area contributed by atoms with E-state index in [1.807, 2.05) is 6.07 Å². The Morgan fingerprint density at radius 1 is 0.946 bits per heavy atom. The highest BCUT2D eigenvalue weighted by molar-refractivity contribution is 7.90. The van der Waals surface area contributed by atoms with Crippen LogP contribution in [0.1, 0.15) is 32.0 Å². The van der Waals surface area contributed by atoms with E-state index in [0.29, 0.717) is 44.2 Å². The number of amides is 1. The molecule has 0 radical (unpaired) electrons. The first-order valence-electron chi connectivity index (χ1n) is 11.2. The molecule has 0 aliphatic heterocycles. The second-order valence-electron chi connectivity index (χ2n) is 8.29. The topological polar surface area (TPSA) is 102 Å². The van der Waals surface area contributed by atoms with Crippen LogP contribution in [0.15, 0.2) is 90.0 Å². The van der Waals surface area contributed by atoms with Crippen LogP contribution in [0.2, 0.25) is 5.02 Å². The van der Waals surface area contributed by atoms with Crippen molar-refractivity contribution in [3.63, 3.8) is 0 Å². The zero-order chi connectivity index (χ0) is 26.6. The van der Waals surface area contributed by atoms with Crippen molar-refractivity contribution >= 4 is 39.0 Å². The molecule has 9 heteroatoms. The van der Waals surface area contributed by atoms with Crippen LogP contribution in [0.3, 0.4) is 0 Å². The molecule has 4 aromatic rings. The van der Waals surface area contributed by atoms with Crippen molar-refractivity contribution in [1.29, 1.82) is 0 Å². The smallest absolute Gasteiger partial charge is 0.339 e. The van der Waals surface area contributed by atoms with Gasteiger partial charge in [-0.2, -0.15) is 0 Å². The lowest BCUT2D eigenvalue weighted by molar-refractivity contribution is 0.0599. The lowest BCUT2D eigenvalue weighted by Crippen LogP contribution is -2.12. The Bertz CT molecular complexity index is 1570. The molecule has 3 aromatic carbocycles. The number of nitrogens with zero attached hydrogens (tertiary/aromatic N) is 1. The Morgan fingerprint density at radius 3 is 2.32 bits per heavy atom. The minimum absolute atomic E-state index is 0.178. The number of carbonyl (C=O) groups is 2. The standard InChI is InChI=1S/C28H23ClN2O5S/c1-18-26(28(33)36-2)15-22(16-30-18)20-4-3-5-21(14-20)27(32)31-24-10-6-19(7-11-24)17-37(34,35)25-12-8-23(29)9-13-25/h3-16H,17H2,1-2H3,(H,31,32). The molecular weight excluding hydrogens is 512 g/mol. The highest BCUT2D eigenvalue weighted by atomic mass is 35.5. The SMILES string of the molecule is COC(=O)c1cc(-c2cccc(C(=O)Nc3ccc(CS(=O)(=O)c4ccc(Cl)cc4)cc3)c2)cnc1C. The molecular formula is C28H23ClN2O5S. The Balaban J connectivity index is 1.47. The quantitative estimate of drug-likeness (QED) is 0.304. The van der Waals surface area contributed by atoms with Crippen LogP contribution in [0.4, 0.5) is 5.69 Å². The summed E-state index contributed by atoms with van der Waals surface area (Å²) in [6, 6.07) is 21.3. The van der Waals surface area contributed by atoms with Gasteiger partial charge in [-0.1, -0.05) is 35.9 Å². The van der Waals surface area contributed by atoms with Gasteiger partial charge in [-0.05, 0) is 72.6 Å². The zero-order valence-corrected chi connectivity index (χ0v) is 21.6. The van der Waals surface area contributed by atoms with E-state index in [-0.39, 0.29) is 16.6 Å². The third-order valence-corrected chi connectivity index (χ3v) is 7.65. The van der Waals surface area contributed by atoms with Crippen molar-refractivity contribution in [1.82, 2.24) is 4.98 Å². The van der Waals surface area contributed by atoms with Crippen molar-refractivity contribution in [2.45, 2.75) is 17.6 Å². The average molecular weight is 535 g/mol. The fraction of sp³-hybridized carbons (Fsp3) is 0.107.